The predicted molar refractivity (Wildman–Crippen MR) is 124 cm³/mol. The molecule has 0 aliphatic carbocycles. The molecule has 1 aliphatic rings. The molecule has 4 aromatic heterocycles. The zero-order chi connectivity index (χ0) is 21.4. The van der Waals surface area contributed by atoms with Crippen molar-refractivity contribution in [3.63, 3.8) is 0 Å². The Bertz CT molecular complexity index is 1190. The van der Waals surface area contributed by atoms with Gasteiger partial charge >= 0.3 is 0 Å². The molecule has 0 aromatic carbocycles. The Labute approximate surface area is 185 Å². The second-order valence-corrected chi connectivity index (χ2v) is 8.87. The third-order valence-electron chi connectivity index (χ3n) is 5.60. The minimum atomic E-state index is 0.0363. The number of anilines is 1. The number of piperazine rings is 1. The van der Waals surface area contributed by atoms with Gasteiger partial charge in [-0.3, -0.25) is 4.79 Å². The SMILES string of the molecule is CC(C)n1ncc2c(C(=O)N3CCN(c4ccccn4)CC3)cc(-c3cccs3)nc21. The molecule has 0 radical (unpaired) electrons. The molecule has 0 saturated carbocycles. The highest BCUT2D eigenvalue weighted by molar-refractivity contribution is 7.13. The van der Waals surface area contributed by atoms with Gasteiger partial charge in [0.25, 0.3) is 5.91 Å². The monoisotopic (exact) mass is 432 g/mol. The number of nitrogens with zero attached hydrogens (tertiary/aromatic N) is 6. The van der Waals surface area contributed by atoms with Crippen molar-refractivity contribution in [2.24, 2.45) is 0 Å². The van der Waals surface area contributed by atoms with Gasteiger partial charge in [0, 0.05) is 38.4 Å². The van der Waals surface area contributed by atoms with Gasteiger partial charge in [0.1, 0.15) is 5.82 Å². The van der Waals surface area contributed by atoms with Gasteiger partial charge in [-0.25, -0.2) is 14.6 Å². The summed E-state index contributed by atoms with van der Waals surface area (Å²) in [5, 5.41) is 7.37. The minimum absolute atomic E-state index is 0.0363. The molecule has 1 fully saturated rings. The van der Waals surface area contributed by atoms with Crippen molar-refractivity contribution in [1.29, 1.82) is 0 Å². The molecule has 31 heavy (non-hydrogen) atoms. The summed E-state index contributed by atoms with van der Waals surface area (Å²) in [4.78, 5) is 28.1. The number of hydrogen-bond acceptors (Lipinski definition) is 6. The molecule has 158 valence electrons. The highest BCUT2D eigenvalue weighted by Gasteiger charge is 2.26. The van der Waals surface area contributed by atoms with Gasteiger partial charge in [-0.2, -0.15) is 5.10 Å². The summed E-state index contributed by atoms with van der Waals surface area (Å²) < 4.78 is 1.89. The van der Waals surface area contributed by atoms with Crippen LogP contribution in [0.4, 0.5) is 5.82 Å². The van der Waals surface area contributed by atoms with Crippen molar-refractivity contribution < 1.29 is 4.79 Å². The highest BCUT2D eigenvalue weighted by Crippen LogP contribution is 2.30. The first-order valence-electron chi connectivity index (χ1n) is 10.5. The molecule has 0 unspecified atom stereocenters. The van der Waals surface area contributed by atoms with E-state index < -0.39 is 0 Å². The number of pyridine rings is 2. The van der Waals surface area contributed by atoms with E-state index in [-0.39, 0.29) is 11.9 Å². The van der Waals surface area contributed by atoms with E-state index in [1.165, 1.54) is 0 Å². The maximum Gasteiger partial charge on any atom is 0.254 e. The fourth-order valence-corrected chi connectivity index (χ4v) is 4.66. The second kappa shape index (κ2) is 8.11. The van der Waals surface area contributed by atoms with E-state index in [2.05, 4.69) is 28.8 Å². The van der Waals surface area contributed by atoms with Gasteiger partial charge in [-0.15, -0.1) is 11.3 Å². The van der Waals surface area contributed by atoms with Crippen LogP contribution in [0, 0.1) is 0 Å². The van der Waals surface area contributed by atoms with Gasteiger partial charge in [0.05, 0.1) is 27.7 Å². The standard InChI is InChI=1S/C23H24N6OS/c1-16(2)29-22-18(15-25-29)17(14-19(26-22)20-6-5-13-31-20)23(30)28-11-9-27(10-12-28)21-7-3-4-8-24-21/h3-8,13-16H,9-12H2,1-2H3. The summed E-state index contributed by atoms with van der Waals surface area (Å²) >= 11 is 1.62. The molecule has 5 heterocycles. The Balaban J connectivity index is 1.47. The van der Waals surface area contributed by atoms with Crippen LogP contribution in [0.3, 0.4) is 0 Å². The van der Waals surface area contributed by atoms with E-state index in [0.29, 0.717) is 18.7 Å². The van der Waals surface area contributed by atoms with Crippen LogP contribution >= 0.6 is 11.3 Å². The van der Waals surface area contributed by atoms with E-state index >= 15 is 0 Å². The molecule has 0 spiro atoms. The maximum atomic E-state index is 13.6. The highest BCUT2D eigenvalue weighted by atomic mass is 32.1. The van der Waals surface area contributed by atoms with Crippen LogP contribution in [0.5, 0.6) is 0 Å². The third-order valence-corrected chi connectivity index (χ3v) is 6.49. The van der Waals surface area contributed by atoms with Gasteiger partial charge in [0.15, 0.2) is 5.65 Å². The fraction of sp³-hybridized carbons (Fsp3) is 0.304. The third kappa shape index (κ3) is 3.67. The number of carbonyl (C=O) groups excluding carboxylic acids is 1. The lowest BCUT2D eigenvalue weighted by atomic mass is 10.1. The van der Waals surface area contributed by atoms with Crippen LogP contribution in [-0.4, -0.2) is 56.7 Å². The van der Waals surface area contributed by atoms with Crippen LogP contribution in [-0.2, 0) is 0 Å². The smallest absolute Gasteiger partial charge is 0.254 e. The first-order chi connectivity index (χ1) is 15.1. The molecular formula is C23H24N6OS. The summed E-state index contributed by atoms with van der Waals surface area (Å²) in [5.41, 5.74) is 2.25. The van der Waals surface area contributed by atoms with Crippen LogP contribution in [0.15, 0.2) is 54.2 Å². The Morgan fingerprint density at radius 3 is 2.61 bits per heavy atom. The Kier molecular flexibility index (Phi) is 5.15. The normalized spacial score (nSPS) is 14.5. The zero-order valence-electron chi connectivity index (χ0n) is 17.6. The number of carbonyl (C=O) groups is 1. The molecule has 0 atom stereocenters. The molecule has 5 rings (SSSR count). The second-order valence-electron chi connectivity index (χ2n) is 7.92. The van der Waals surface area contributed by atoms with Crippen LogP contribution in [0.1, 0.15) is 30.2 Å². The number of hydrogen-bond donors (Lipinski definition) is 0. The lowest BCUT2D eigenvalue weighted by Crippen LogP contribution is -2.49. The molecule has 8 heteroatoms. The Hall–Kier alpha value is -3.26. The number of thiophene rings is 1. The minimum Gasteiger partial charge on any atom is -0.353 e. The quantitative estimate of drug-likeness (QED) is 0.486. The molecule has 0 bridgehead atoms. The molecule has 4 aromatic rings. The molecule has 0 N–H and O–H groups in total. The van der Waals surface area contributed by atoms with Crippen LogP contribution in [0.2, 0.25) is 0 Å². The predicted octanol–water partition coefficient (Wildman–Crippen LogP) is 4.10. The summed E-state index contributed by atoms with van der Waals surface area (Å²) in [5.74, 6) is 0.994. The van der Waals surface area contributed by atoms with Gasteiger partial charge in [-0.1, -0.05) is 12.1 Å². The van der Waals surface area contributed by atoms with Crippen LogP contribution < -0.4 is 4.90 Å². The van der Waals surface area contributed by atoms with E-state index in [0.717, 1.165) is 40.5 Å². The summed E-state index contributed by atoms with van der Waals surface area (Å²) in [7, 11) is 0. The van der Waals surface area contributed by atoms with Gasteiger partial charge in [0.2, 0.25) is 0 Å². The van der Waals surface area contributed by atoms with Gasteiger partial charge < -0.3 is 9.80 Å². The van der Waals surface area contributed by atoms with Crippen molar-refractivity contribution in [1.82, 2.24) is 24.6 Å². The molecule has 1 aliphatic heterocycles. The molecule has 1 amide bonds. The number of amides is 1. The first-order valence-corrected chi connectivity index (χ1v) is 11.4. The molecule has 1 saturated heterocycles. The first kappa shape index (κ1) is 19.7. The number of fused-ring (bicyclic) bond motifs is 1. The van der Waals surface area contributed by atoms with Crippen molar-refractivity contribution in [3.05, 3.63) is 59.7 Å². The average molecular weight is 433 g/mol. The number of rotatable bonds is 4. The fourth-order valence-electron chi connectivity index (χ4n) is 3.97. The van der Waals surface area contributed by atoms with Crippen molar-refractivity contribution >= 4 is 34.1 Å². The topological polar surface area (TPSA) is 67.2 Å². The Morgan fingerprint density at radius 2 is 1.94 bits per heavy atom. The van der Waals surface area contributed by atoms with E-state index in [1.54, 1.807) is 23.7 Å². The number of aromatic nitrogens is 4. The average Bonchev–Trinajstić information content (AvgIpc) is 3.49. The largest absolute Gasteiger partial charge is 0.353 e. The lowest BCUT2D eigenvalue weighted by Gasteiger charge is -2.35. The van der Waals surface area contributed by atoms with Crippen LogP contribution in [0.25, 0.3) is 21.6 Å². The molecule has 7 nitrogen and oxygen atoms in total. The van der Waals surface area contributed by atoms with E-state index in [1.807, 2.05) is 51.4 Å². The maximum absolute atomic E-state index is 13.6. The summed E-state index contributed by atoms with van der Waals surface area (Å²) in [6.45, 7) is 6.99. The van der Waals surface area contributed by atoms with Crippen molar-refractivity contribution in [2.75, 3.05) is 31.1 Å². The Morgan fingerprint density at radius 1 is 1.10 bits per heavy atom. The van der Waals surface area contributed by atoms with Gasteiger partial charge in [-0.05, 0) is 43.5 Å². The van der Waals surface area contributed by atoms with E-state index in [9.17, 15) is 4.79 Å². The summed E-state index contributed by atoms with van der Waals surface area (Å²) in [6, 6.07) is 12.0. The van der Waals surface area contributed by atoms with Crippen molar-refractivity contribution in [3.8, 4) is 10.6 Å². The van der Waals surface area contributed by atoms with E-state index in [4.69, 9.17) is 4.98 Å². The zero-order valence-corrected chi connectivity index (χ0v) is 18.4. The summed E-state index contributed by atoms with van der Waals surface area (Å²) in [6.07, 6.45) is 3.58. The lowest BCUT2D eigenvalue weighted by molar-refractivity contribution is 0.0748. The van der Waals surface area contributed by atoms with Crippen molar-refractivity contribution in [2.45, 2.75) is 19.9 Å². The molecular weight excluding hydrogens is 408 g/mol.